The summed E-state index contributed by atoms with van der Waals surface area (Å²) in [5, 5.41) is 18.0. The zero-order valence-electron chi connectivity index (χ0n) is 16.1. The Hall–Kier alpha value is -3.05. The number of halogens is 1. The van der Waals surface area contributed by atoms with Crippen LogP contribution in [0.2, 0.25) is 5.15 Å². The Labute approximate surface area is 174 Å². The van der Waals surface area contributed by atoms with Crippen LogP contribution in [0, 0.1) is 6.92 Å². The number of hydrogen-bond donors (Lipinski definition) is 2. The van der Waals surface area contributed by atoms with Crippen LogP contribution >= 0.6 is 11.6 Å². The molecule has 0 aliphatic heterocycles. The van der Waals surface area contributed by atoms with Crippen LogP contribution in [0.3, 0.4) is 0 Å². The first-order valence-electron chi connectivity index (χ1n) is 9.59. The highest BCUT2D eigenvalue weighted by Crippen LogP contribution is 2.36. The molecule has 1 aromatic heterocycles. The number of aryl methyl sites for hydroxylation is 1. The van der Waals surface area contributed by atoms with Gasteiger partial charge in [-0.25, -0.2) is 4.68 Å². The summed E-state index contributed by atoms with van der Waals surface area (Å²) in [6, 6.07) is 15.3. The van der Waals surface area contributed by atoms with Crippen LogP contribution in [0.25, 0.3) is 6.08 Å². The predicted octanol–water partition coefficient (Wildman–Crippen LogP) is 4.42. The lowest BCUT2D eigenvalue weighted by Gasteiger charge is -2.12. The number of aromatic nitrogens is 2. The zero-order valence-corrected chi connectivity index (χ0v) is 16.9. The number of phenols is 1. The van der Waals surface area contributed by atoms with Crippen LogP contribution in [-0.2, 0) is 17.8 Å². The molecule has 1 heterocycles. The minimum absolute atomic E-state index is 0.0911. The lowest BCUT2D eigenvalue weighted by Crippen LogP contribution is -2.25. The van der Waals surface area contributed by atoms with Crippen LogP contribution in [0.5, 0.6) is 5.75 Å². The van der Waals surface area contributed by atoms with E-state index in [0.717, 1.165) is 40.8 Å². The van der Waals surface area contributed by atoms with Crippen molar-refractivity contribution in [1.29, 1.82) is 0 Å². The maximum atomic E-state index is 12.5. The van der Waals surface area contributed by atoms with Crippen molar-refractivity contribution in [2.45, 2.75) is 32.4 Å². The lowest BCUT2D eigenvalue weighted by molar-refractivity contribution is -0.117. The summed E-state index contributed by atoms with van der Waals surface area (Å²) in [6.45, 7) is 2.45. The van der Waals surface area contributed by atoms with Crippen molar-refractivity contribution in [3.63, 3.8) is 0 Å². The van der Waals surface area contributed by atoms with E-state index in [1.807, 2.05) is 43.3 Å². The van der Waals surface area contributed by atoms with E-state index in [0.29, 0.717) is 17.4 Å². The van der Waals surface area contributed by atoms with Gasteiger partial charge in [-0.1, -0.05) is 54.1 Å². The van der Waals surface area contributed by atoms with E-state index in [9.17, 15) is 9.90 Å². The fourth-order valence-corrected chi connectivity index (χ4v) is 4.08. The van der Waals surface area contributed by atoms with Gasteiger partial charge in [0.2, 0.25) is 5.91 Å². The molecule has 1 aliphatic carbocycles. The average molecular weight is 408 g/mol. The van der Waals surface area contributed by atoms with E-state index < -0.39 is 0 Å². The van der Waals surface area contributed by atoms with Gasteiger partial charge >= 0.3 is 0 Å². The molecule has 0 radical (unpaired) electrons. The average Bonchev–Trinajstić information content (AvgIpc) is 3.23. The molecule has 4 rings (SSSR count). The Morgan fingerprint density at radius 1 is 1.28 bits per heavy atom. The molecular weight excluding hydrogens is 386 g/mol. The van der Waals surface area contributed by atoms with Crippen molar-refractivity contribution >= 4 is 23.6 Å². The van der Waals surface area contributed by atoms with E-state index in [2.05, 4.69) is 10.4 Å². The van der Waals surface area contributed by atoms with Gasteiger partial charge in [-0.05, 0) is 48.6 Å². The Morgan fingerprint density at radius 2 is 2.07 bits per heavy atom. The summed E-state index contributed by atoms with van der Waals surface area (Å²) in [5.41, 5.74) is 4.51. The molecule has 0 bridgehead atoms. The minimum Gasteiger partial charge on any atom is -0.508 e. The molecule has 29 heavy (non-hydrogen) atoms. The number of fused-ring (bicyclic) bond motifs is 1. The van der Waals surface area contributed by atoms with E-state index >= 15 is 0 Å². The van der Waals surface area contributed by atoms with Gasteiger partial charge < -0.3 is 10.4 Å². The SMILES string of the molecule is Cc1nn(Cc2ccccc2)c(Cl)c1C=CC(=O)NC1CCc2c(O)cccc21. The number of amides is 1. The Bertz CT molecular complexity index is 1070. The van der Waals surface area contributed by atoms with E-state index in [-0.39, 0.29) is 11.9 Å². The Balaban J connectivity index is 1.46. The van der Waals surface area contributed by atoms with Crippen LogP contribution in [0.4, 0.5) is 0 Å². The molecule has 1 atom stereocenters. The molecular formula is C23H22ClN3O2. The highest BCUT2D eigenvalue weighted by Gasteiger charge is 2.25. The summed E-state index contributed by atoms with van der Waals surface area (Å²) in [7, 11) is 0. The minimum atomic E-state index is -0.197. The van der Waals surface area contributed by atoms with Gasteiger partial charge in [-0.2, -0.15) is 5.10 Å². The standard InChI is InChI=1S/C23H22ClN3O2/c1-15-17(23(24)27(26-15)14-16-6-3-2-4-7-16)11-13-22(29)25-20-12-10-19-18(20)8-5-9-21(19)28/h2-9,11,13,20,28H,10,12,14H2,1H3,(H,25,29). The van der Waals surface area contributed by atoms with E-state index in [1.54, 1.807) is 22.9 Å². The number of rotatable bonds is 5. The highest BCUT2D eigenvalue weighted by atomic mass is 35.5. The largest absolute Gasteiger partial charge is 0.508 e. The molecule has 2 aromatic carbocycles. The number of nitrogens with zero attached hydrogens (tertiary/aromatic N) is 2. The Morgan fingerprint density at radius 3 is 2.86 bits per heavy atom. The van der Waals surface area contributed by atoms with Crippen molar-refractivity contribution in [2.75, 3.05) is 0 Å². The molecule has 0 spiro atoms. The highest BCUT2D eigenvalue weighted by molar-refractivity contribution is 6.31. The quantitative estimate of drug-likeness (QED) is 0.615. The number of benzene rings is 2. The second-order valence-electron chi connectivity index (χ2n) is 7.21. The van der Waals surface area contributed by atoms with Crippen molar-refractivity contribution in [2.24, 2.45) is 0 Å². The van der Waals surface area contributed by atoms with Gasteiger partial charge in [-0.15, -0.1) is 0 Å². The summed E-state index contributed by atoms with van der Waals surface area (Å²) in [6.07, 6.45) is 4.73. The van der Waals surface area contributed by atoms with Crippen LogP contribution in [0.1, 0.15) is 40.4 Å². The number of aromatic hydroxyl groups is 1. The molecule has 148 valence electrons. The number of phenolic OH excluding ortho intramolecular Hbond substituents is 1. The third kappa shape index (κ3) is 4.05. The summed E-state index contributed by atoms with van der Waals surface area (Å²) in [5.74, 6) is 0.0977. The molecule has 0 saturated carbocycles. The van der Waals surface area contributed by atoms with Gasteiger partial charge in [0.15, 0.2) is 0 Å². The van der Waals surface area contributed by atoms with E-state index in [4.69, 9.17) is 11.6 Å². The fraction of sp³-hybridized carbons (Fsp3) is 0.217. The summed E-state index contributed by atoms with van der Waals surface area (Å²) < 4.78 is 1.74. The van der Waals surface area contributed by atoms with Gasteiger partial charge in [0.25, 0.3) is 0 Å². The van der Waals surface area contributed by atoms with Gasteiger partial charge in [0.05, 0.1) is 18.3 Å². The monoisotopic (exact) mass is 407 g/mol. The Kier molecular flexibility index (Phi) is 5.41. The molecule has 0 saturated heterocycles. The second kappa shape index (κ2) is 8.13. The number of carbonyl (C=O) groups excluding carboxylic acids is 1. The first-order valence-corrected chi connectivity index (χ1v) is 9.97. The molecule has 1 amide bonds. The molecule has 0 fully saturated rings. The van der Waals surface area contributed by atoms with E-state index in [1.165, 1.54) is 6.08 Å². The van der Waals surface area contributed by atoms with Crippen molar-refractivity contribution in [3.05, 3.63) is 87.7 Å². The third-order valence-electron chi connectivity index (χ3n) is 5.25. The first-order chi connectivity index (χ1) is 14.0. The molecule has 3 aromatic rings. The molecule has 6 heteroatoms. The van der Waals surface area contributed by atoms with Crippen molar-refractivity contribution < 1.29 is 9.90 Å². The van der Waals surface area contributed by atoms with Crippen LogP contribution < -0.4 is 5.32 Å². The lowest BCUT2D eigenvalue weighted by atomic mass is 10.1. The topological polar surface area (TPSA) is 67.2 Å². The second-order valence-corrected chi connectivity index (χ2v) is 7.57. The molecule has 1 unspecified atom stereocenters. The van der Waals surface area contributed by atoms with Crippen LogP contribution in [-0.4, -0.2) is 20.8 Å². The first kappa shape index (κ1) is 19.3. The maximum Gasteiger partial charge on any atom is 0.244 e. The number of carbonyl (C=O) groups is 1. The summed E-state index contributed by atoms with van der Waals surface area (Å²) in [4.78, 5) is 12.5. The smallest absolute Gasteiger partial charge is 0.244 e. The van der Waals surface area contributed by atoms with Gasteiger partial charge in [0.1, 0.15) is 10.9 Å². The third-order valence-corrected chi connectivity index (χ3v) is 5.65. The summed E-state index contributed by atoms with van der Waals surface area (Å²) >= 11 is 6.51. The van der Waals surface area contributed by atoms with Crippen LogP contribution in [0.15, 0.2) is 54.6 Å². The normalized spacial score (nSPS) is 15.6. The van der Waals surface area contributed by atoms with Gasteiger partial charge in [0, 0.05) is 11.6 Å². The number of nitrogens with one attached hydrogen (secondary N) is 1. The van der Waals surface area contributed by atoms with Crippen molar-refractivity contribution in [1.82, 2.24) is 15.1 Å². The fourth-order valence-electron chi connectivity index (χ4n) is 3.78. The number of hydrogen-bond acceptors (Lipinski definition) is 3. The maximum absolute atomic E-state index is 12.5. The predicted molar refractivity (Wildman–Crippen MR) is 114 cm³/mol. The van der Waals surface area contributed by atoms with Crippen molar-refractivity contribution in [3.8, 4) is 5.75 Å². The zero-order chi connectivity index (χ0) is 20.4. The molecule has 1 aliphatic rings. The molecule has 2 N–H and O–H groups in total. The molecule has 5 nitrogen and oxygen atoms in total. The van der Waals surface area contributed by atoms with Gasteiger partial charge in [-0.3, -0.25) is 4.79 Å².